The molecule has 0 unspecified atom stereocenters. The van der Waals surface area contributed by atoms with Crippen LogP contribution in [0.3, 0.4) is 0 Å². The first-order valence-electron chi connectivity index (χ1n) is 8.71. The predicted octanol–water partition coefficient (Wildman–Crippen LogP) is 7.04. The van der Waals surface area contributed by atoms with Gasteiger partial charge in [-0.05, 0) is 53.1 Å². The lowest BCUT2D eigenvalue weighted by molar-refractivity contribution is 1.24. The average molecular weight is 446 g/mol. The van der Waals surface area contributed by atoms with Crippen LogP contribution >= 0.6 is 27.7 Å². The van der Waals surface area contributed by atoms with Crippen molar-refractivity contribution >= 4 is 50.4 Å². The third-order valence-corrected chi connectivity index (χ3v) is 6.03. The second-order valence-corrected chi connectivity index (χ2v) is 8.15. The van der Waals surface area contributed by atoms with Crippen molar-refractivity contribution in [1.29, 1.82) is 0 Å². The van der Waals surface area contributed by atoms with Crippen molar-refractivity contribution in [2.75, 3.05) is 0 Å². The third kappa shape index (κ3) is 4.04. The van der Waals surface area contributed by atoms with Crippen LogP contribution in [0.5, 0.6) is 0 Å². The number of benzene rings is 2. The Morgan fingerprint density at radius 2 is 2.04 bits per heavy atom. The van der Waals surface area contributed by atoms with Gasteiger partial charge in [0.05, 0.1) is 6.57 Å². The van der Waals surface area contributed by atoms with E-state index in [0.29, 0.717) is 5.70 Å². The van der Waals surface area contributed by atoms with E-state index in [2.05, 4.69) is 55.0 Å². The lowest BCUT2D eigenvalue weighted by Gasteiger charge is -2.07. The summed E-state index contributed by atoms with van der Waals surface area (Å²) in [5.74, 6) is 0.874. The van der Waals surface area contributed by atoms with Crippen LogP contribution in [-0.2, 0) is 5.75 Å². The zero-order valence-electron chi connectivity index (χ0n) is 14.9. The highest BCUT2D eigenvalue weighted by molar-refractivity contribution is 9.10. The van der Waals surface area contributed by atoms with Gasteiger partial charge in [0.2, 0.25) is 0 Å². The number of halogens is 1. The fourth-order valence-electron chi connectivity index (χ4n) is 2.99. The fourth-order valence-corrected chi connectivity index (χ4v) is 4.30. The summed E-state index contributed by atoms with van der Waals surface area (Å²) in [5, 5.41) is 1.03. The topological polar surface area (TPSA) is 33.0 Å². The number of hydrogen-bond donors (Lipinski definition) is 1. The first kappa shape index (κ1) is 18.5. The molecule has 4 rings (SSSR count). The number of thioether (sulfide) groups is 1. The molecule has 0 saturated carbocycles. The Morgan fingerprint density at radius 1 is 1.18 bits per heavy atom. The van der Waals surface area contributed by atoms with Gasteiger partial charge in [-0.2, -0.15) is 0 Å². The van der Waals surface area contributed by atoms with E-state index in [1.54, 1.807) is 18.0 Å². The molecule has 0 radical (unpaired) electrons. The Hall–Kier alpha value is -2.81. The van der Waals surface area contributed by atoms with E-state index in [0.717, 1.165) is 37.2 Å². The summed E-state index contributed by atoms with van der Waals surface area (Å²) in [7, 11) is 0. The maximum absolute atomic E-state index is 7.73. The monoisotopic (exact) mass is 445 g/mol. The van der Waals surface area contributed by atoms with Crippen LogP contribution in [0.1, 0.15) is 16.7 Å². The highest BCUT2D eigenvalue weighted by atomic mass is 79.9. The number of nitrogens with zero attached hydrogens (tertiary/aromatic N) is 2. The summed E-state index contributed by atoms with van der Waals surface area (Å²) in [6, 6.07) is 18.4. The number of nitrogens with one attached hydrogen (secondary N) is 1. The van der Waals surface area contributed by atoms with E-state index >= 15 is 0 Å². The average Bonchev–Trinajstić information content (AvgIpc) is 3.15. The number of aromatic amines is 1. The van der Waals surface area contributed by atoms with Crippen molar-refractivity contribution in [1.82, 2.24) is 9.97 Å². The van der Waals surface area contributed by atoms with Gasteiger partial charge in [-0.1, -0.05) is 46.3 Å². The standard InChI is InChI=1S/C23H16BrN3S/c1-25-22(20-14-27-21-8-7-18(24)12-19(20)21)11-17-13-26-10-9-23(17)28-15-16-5-3-2-4-6-16/h2-14,27H,15H2/b22-11-. The molecule has 2 aromatic carbocycles. The summed E-state index contributed by atoms with van der Waals surface area (Å²) < 4.78 is 0.991. The van der Waals surface area contributed by atoms with Gasteiger partial charge < -0.3 is 4.98 Å². The molecule has 0 atom stereocenters. The highest BCUT2D eigenvalue weighted by Crippen LogP contribution is 2.32. The summed E-state index contributed by atoms with van der Waals surface area (Å²) in [4.78, 5) is 12.4. The van der Waals surface area contributed by atoms with Crippen LogP contribution < -0.4 is 0 Å². The molecule has 0 saturated heterocycles. The molecule has 28 heavy (non-hydrogen) atoms. The SMILES string of the molecule is [C-]#[N+]/C(=C\c1cnccc1SCc1ccccc1)c1c[nH]c2ccc(Br)cc12. The lowest BCUT2D eigenvalue weighted by Crippen LogP contribution is -1.86. The molecule has 3 nitrogen and oxygen atoms in total. The molecule has 0 spiro atoms. The van der Waals surface area contributed by atoms with Gasteiger partial charge in [0.1, 0.15) is 0 Å². The molecule has 0 aliphatic rings. The normalized spacial score (nSPS) is 11.5. The molecule has 1 N–H and O–H groups in total. The van der Waals surface area contributed by atoms with Crippen LogP contribution in [0, 0.1) is 6.57 Å². The molecular weight excluding hydrogens is 430 g/mol. The molecule has 0 bridgehead atoms. The van der Waals surface area contributed by atoms with E-state index in [1.165, 1.54) is 5.56 Å². The maximum atomic E-state index is 7.73. The number of aromatic nitrogens is 2. The molecule has 2 aromatic heterocycles. The first-order chi connectivity index (χ1) is 13.7. The minimum Gasteiger partial charge on any atom is -0.362 e. The molecule has 0 aliphatic heterocycles. The van der Waals surface area contributed by atoms with Crippen molar-refractivity contribution < 1.29 is 0 Å². The molecule has 4 aromatic rings. The van der Waals surface area contributed by atoms with Crippen LogP contribution in [0.2, 0.25) is 0 Å². The Balaban J connectivity index is 1.69. The number of hydrogen-bond acceptors (Lipinski definition) is 2. The van der Waals surface area contributed by atoms with E-state index in [9.17, 15) is 0 Å². The molecule has 2 heterocycles. The van der Waals surface area contributed by atoms with E-state index < -0.39 is 0 Å². The second kappa shape index (κ2) is 8.47. The summed E-state index contributed by atoms with van der Waals surface area (Å²) in [6.45, 7) is 7.73. The van der Waals surface area contributed by atoms with Crippen LogP contribution in [-0.4, -0.2) is 9.97 Å². The molecule has 136 valence electrons. The van der Waals surface area contributed by atoms with Gasteiger partial charge in [-0.3, -0.25) is 4.98 Å². The van der Waals surface area contributed by atoms with Crippen LogP contribution in [0.4, 0.5) is 0 Å². The van der Waals surface area contributed by atoms with Crippen molar-refractivity contribution in [2.24, 2.45) is 0 Å². The molecule has 0 amide bonds. The zero-order valence-corrected chi connectivity index (χ0v) is 17.3. The number of pyridine rings is 1. The Kier molecular flexibility index (Phi) is 5.61. The molecular formula is C23H16BrN3S. The van der Waals surface area contributed by atoms with E-state index in [-0.39, 0.29) is 0 Å². The number of H-pyrrole nitrogens is 1. The van der Waals surface area contributed by atoms with E-state index in [4.69, 9.17) is 6.57 Å². The second-order valence-electron chi connectivity index (χ2n) is 6.22. The van der Waals surface area contributed by atoms with Gasteiger partial charge in [0.25, 0.3) is 0 Å². The van der Waals surface area contributed by atoms with Gasteiger partial charge in [0.15, 0.2) is 5.70 Å². The third-order valence-electron chi connectivity index (χ3n) is 4.38. The van der Waals surface area contributed by atoms with E-state index in [1.807, 2.05) is 48.8 Å². The highest BCUT2D eigenvalue weighted by Gasteiger charge is 2.11. The first-order valence-corrected chi connectivity index (χ1v) is 10.5. The number of fused-ring (bicyclic) bond motifs is 1. The Bertz CT molecular complexity index is 1190. The maximum Gasteiger partial charge on any atom is 0.197 e. The summed E-state index contributed by atoms with van der Waals surface area (Å²) in [5.41, 5.74) is 4.73. The lowest BCUT2D eigenvalue weighted by atomic mass is 10.1. The van der Waals surface area contributed by atoms with Gasteiger partial charge in [-0.25, -0.2) is 4.85 Å². The zero-order chi connectivity index (χ0) is 19.3. The predicted molar refractivity (Wildman–Crippen MR) is 121 cm³/mol. The van der Waals surface area contributed by atoms with Gasteiger partial charge in [0, 0.05) is 38.6 Å². The quantitative estimate of drug-likeness (QED) is 0.264. The van der Waals surface area contributed by atoms with Crippen molar-refractivity contribution in [3.63, 3.8) is 0 Å². The Labute approximate surface area is 176 Å². The summed E-state index contributed by atoms with van der Waals surface area (Å²) in [6.07, 6.45) is 7.44. The largest absolute Gasteiger partial charge is 0.362 e. The number of rotatable bonds is 5. The molecule has 0 fully saturated rings. The van der Waals surface area contributed by atoms with Gasteiger partial charge >= 0.3 is 0 Å². The smallest absolute Gasteiger partial charge is 0.197 e. The van der Waals surface area contributed by atoms with Gasteiger partial charge in [-0.15, -0.1) is 11.8 Å². The minimum absolute atomic E-state index is 0.596. The van der Waals surface area contributed by atoms with Crippen molar-refractivity contribution in [2.45, 2.75) is 10.6 Å². The van der Waals surface area contributed by atoms with Crippen molar-refractivity contribution in [3.8, 4) is 0 Å². The fraction of sp³-hybridized carbons (Fsp3) is 0.0435. The van der Waals surface area contributed by atoms with Crippen molar-refractivity contribution in [3.05, 3.63) is 106 Å². The van der Waals surface area contributed by atoms with Crippen LogP contribution in [0.15, 0.2) is 82.6 Å². The Morgan fingerprint density at radius 3 is 2.86 bits per heavy atom. The molecule has 0 aliphatic carbocycles. The summed E-state index contributed by atoms with van der Waals surface area (Å²) >= 11 is 5.27. The molecule has 5 heteroatoms. The minimum atomic E-state index is 0.596. The van der Waals surface area contributed by atoms with Crippen LogP contribution in [0.25, 0.3) is 27.5 Å².